The summed E-state index contributed by atoms with van der Waals surface area (Å²) in [6.07, 6.45) is 7.24. The molecule has 0 N–H and O–H groups in total. The van der Waals surface area contributed by atoms with Gasteiger partial charge < -0.3 is 0 Å². The van der Waals surface area contributed by atoms with Crippen LogP contribution in [0.4, 0.5) is 0 Å². The Morgan fingerprint density at radius 2 is 1.75 bits per heavy atom. The average molecular weight is 330 g/mol. The number of fused-ring (bicyclic) bond motifs is 5. The topological polar surface area (TPSA) is 51.2 Å². The number of Topliss-reactive ketones (excluding diaryl/α,β-unsaturated/α-hetero) is 3. The van der Waals surface area contributed by atoms with Crippen molar-refractivity contribution in [2.24, 2.45) is 40.4 Å². The second-order valence-electron chi connectivity index (χ2n) is 9.55. The third kappa shape index (κ3) is 1.99. The summed E-state index contributed by atoms with van der Waals surface area (Å²) in [6.45, 7) is 6.12. The van der Waals surface area contributed by atoms with Crippen LogP contribution in [0, 0.1) is 40.4 Å². The molecule has 0 unspecified atom stereocenters. The van der Waals surface area contributed by atoms with Gasteiger partial charge in [-0.2, -0.15) is 0 Å². The number of hydrogen-bond acceptors (Lipinski definition) is 3. The van der Waals surface area contributed by atoms with Crippen molar-refractivity contribution < 1.29 is 14.4 Å². The fraction of sp³-hybridized carbons (Fsp3) is 0.857. The molecule has 0 aromatic carbocycles. The summed E-state index contributed by atoms with van der Waals surface area (Å²) in [6, 6.07) is 0. The van der Waals surface area contributed by atoms with Crippen LogP contribution in [0.5, 0.6) is 0 Å². The first kappa shape index (κ1) is 16.5. The van der Waals surface area contributed by atoms with Crippen LogP contribution in [0.2, 0.25) is 0 Å². The summed E-state index contributed by atoms with van der Waals surface area (Å²) in [7, 11) is 0. The molecule has 0 radical (unpaired) electrons. The molecule has 3 nitrogen and oxygen atoms in total. The zero-order valence-electron chi connectivity index (χ0n) is 15.3. The van der Waals surface area contributed by atoms with Crippen molar-refractivity contribution in [3.63, 3.8) is 0 Å². The van der Waals surface area contributed by atoms with Crippen molar-refractivity contribution in [2.75, 3.05) is 0 Å². The molecule has 0 bridgehead atoms. The van der Waals surface area contributed by atoms with E-state index in [-0.39, 0.29) is 17.1 Å². The lowest BCUT2D eigenvalue weighted by atomic mass is 9.44. The van der Waals surface area contributed by atoms with Crippen LogP contribution in [0.25, 0.3) is 0 Å². The fourth-order valence-corrected chi connectivity index (χ4v) is 7.40. The second-order valence-corrected chi connectivity index (χ2v) is 9.55. The van der Waals surface area contributed by atoms with E-state index in [1.165, 1.54) is 0 Å². The van der Waals surface area contributed by atoms with Gasteiger partial charge in [-0.3, -0.25) is 14.4 Å². The van der Waals surface area contributed by atoms with E-state index in [2.05, 4.69) is 13.8 Å². The molecule has 0 amide bonds. The quantitative estimate of drug-likeness (QED) is 0.730. The predicted octanol–water partition coefficient (Wildman–Crippen LogP) is 3.98. The number of carbonyl (C=O) groups excluding carboxylic acids is 3. The molecule has 132 valence electrons. The lowest BCUT2D eigenvalue weighted by molar-refractivity contribution is -0.160. The lowest BCUT2D eigenvalue weighted by Gasteiger charge is -2.59. The molecular formula is C21H30O3. The number of ketones is 3. The summed E-state index contributed by atoms with van der Waals surface area (Å²) in [5.41, 5.74) is -0.261. The molecule has 0 aromatic rings. The Morgan fingerprint density at radius 1 is 1.00 bits per heavy atom. The van der Waals surface area contributed by atoms with E-state index in [4.69, 9.17) is 0 Å². The first-order valence-electron chi connectivity index (χ1n) is 9.84. The van der Waals surface area contributed by atoms with E-state index in [9.17, 15) is 14.4 Å². The van der Waals surface area contributed by atoms with Gasteiger partial charge in [0, 0.05) is 30.6 Å². The molecule has 4 rings (SSSR count). The minimum atomic E-state index is -0.416. The number of carbonyl (C=O) groups is 3. The number of hydrogen-bond donors (Lipinski definition) is 0. The van der Waals surface area contributed by atoms with Crippen LogP contribution in [-0.2, 0) is 14.4 Å². The molecule has 4 fully saturated rings. The molecule has 0 saturated heterocycles. The highest BCUT2D eigenvalue weighted by Crippen LogP contribution is 2.66. The molecule has 0 heterocycles. The van der Waals surface area contributed by atoms with Gasteiger partial charge in [0.1, 0.15) is 17.3 Å². The summed E-state index contributed by atoms with van der Waals surface area (Å²) in [4.78, 5) is 37.3. The Labute approximate surface area is 144 Å². The molecule has 4 aliphatic carbocycles. The van der Waals surface area contributed by atoms with Crippen LogP contribution < -0.4 is 0 Å². The maximum Gasteiger partial charge on any atom is 0.140 e. The first-order chi connectivity index (χ1) is 11.3. The second kappa shape index (κ2) is 5.25. The largest absolute Gasteiger partial charge is 0.300 e. The normalized spacial score (nSPS) is 50.9. The van der Waals surface area contributed by atoms with Gasteiger partial charge in [0.05, 0.1) is 0 Å². The van der Waals surface area contributed by atoms with Crippen molar-refractivity contribution in [3.8, 4) is 0 Å². The van der Waals surface area contributed by atoms with Gasteiger partial charge in [0.15, 0.2) is 0 Å². The van der Waals surface area contributed by atoms with Crippen molar-refractivity contribution in [1.82, 2.24) is 0 Å². The van der Waals surface area contributed by atoms with E-state index in [0.29, 0.717) is 48.1 Å². The monoisotopic (exact) mass is 330 g/mol. The third-order valence-electron chi connectivity index (χ3n) is 8.84. The molecule has 24 heavy (non-hydrogen) atoms. The van der Waals surface area contributed by atoms with E-state index < -0.39 is 5.41 Å². The zero-order valence-corrected chi connectivity index (χ0v) is 15.3. The Morgan fingerprint density at radius 3 is 2.46 bits per heavy atom. The van der Waals surface area contributed by atoms with Gasteiger partial charge in [0.2, 0.25) is 0 Å². The van der Waals surface area contributed by atoms with Crippen molar-refractivity contribution >= 4 is 17.3 Å². The average Bonchev–Trinajstić information content (AvgIpc) is 2.88. The SMILES string of the molecule is CC(=O)[C@@H]1CC[C@@H]2[C@H]3CC[C@@H]4CC(=O)CC[C@]4(C)[C@@H]3CC(=O)[C@]21C. The van der Waals surface area contributed by atoms with Crippen LogP contribution >= 0.6 is 0 Å². The molecule has 0 aromatic heterocycles. The van der Waals surface area contributed by atoms with Crippen molar-refractivity contribution in [1.29, 1.82) is 0 Å². The van der Waals surface area contributed by atoms with Crippen LogP contribution in [0.1, 0.15) is 72.1 Å². The Balaban J connectivity index is 1.69. The van der Waals surface area contributed by atoms with Crippen LogP contribution in [-0.4, -0.2) is 17.3 Å². The predicted molar refractivity (Wildman–Crippen MR) is 91.3 cm³/mol. The molecule has 7 atom stereocenters. The van der Waals surface area contributed by atoms with E-state index in [1.54, 1.807) is 6.92 Å². The highest BCUT2D eigenvalue weighted by atomic mass is 16.1. The maximum absolute atomic E-state index is 13.2. The Hall–Kier alpha value is -0.990. The molecular weight excluding hydrogens is 300 g/mol. The third-order valence-corrected chi connectivity index (χ3v) is 8.84. The van der Waals surface area contributed by atoms with Crippen molar-refractivity contribution in [2.45, 2.75) is 72.1 Å². The molecule has 4 saturated carbocycles. The van der Waals surface area contributed by atoms with Gasteiger partial charge in [-0.05, 0) is 68.1 Å². The smallest absolute Gasteiger partial charge is 0.140 e. The van der Waals surface area contributed by atoms with E-state index in [1.807, 2.05) is 0 Å². The summed E-state index contributed by atoms with van der Waals surface area (Å²) in [5.74, 6) is 2.76. The van der Waals surface area contributed by atoms with Gasteiger partial charge in [-0.15, -0.1) is 0 Å². The van der Waals surface area contributed by atoms with Gasteiger partial charge >= 0.3 is 0 Å². The lowest BCUT2D eigenvalue weighted by Crippen LogP contribution is -2.57. The van der Waals surface area contributed by atoms with Gasteiger partial charge in [0.25, 0.3) is 0 Å². The van der Waals surface area contributed by atoms with E-state index >= 15 is 0 Å². The molecule has 4 aliphatic rings. The maximum atomic E-state index is 13.2. The summed E-state index contributed by atoms with van der Waals surface area (Å²) < 4.78 is 0. The molecule has 0 aliphatic heterocycles. The van der Waals surface area contributed by atoms with Crippen LogP contribution in [0.15, 0.2) is 0 Å². The fourth-order valence-electron chi connectivity index (χ4n) is 7.40. The minimum absolute atomic E-state index is 0.0607. The first-order valence-corrected chi connectivity index (χ1v) is 9.84. The van der Waals surface area contributed by atoms with Crippen LogP contribution in [0.3, 0.4) is 0 Å². The number of rotatable bonds is 1. The highest BCUT2D eigenvalue weighted by molar-refractivity contribution is 5.93. The van der Waals surface area contributed by atoms with Gasteiger partial charge in [-0.1, -0.05) is 13.8 Å². The summed E-state index contributed by atoms with van der Waals surface area (Å²) >= 11 is 0. The standard InChI is InChI=1S/C21H30O3/c1-12(22)16-6-7-17-15-5-4-13-10-14(23)8-9-20(13,2)18(15)11-19(24)21(16,17)3/h13,15-18H,4-11H2,1-3H3/t13-,15-,16+,17-,18-,20+,21+/m1/s1. The van der Waals surface area contributed by atoms with Crippen molar-refractivity contribution in [3.05, 3.63) is 0 Å². The highest BCUT2D eigenvalue weighted by Gasteiger charge is 2.64. The molecule has 3 heteroatoms. The molecule has 0 spiro atoms. The Bertz CT molecular complexity index is 608. The minimum Gasteiger partial charge on any atom is -0.300 e. The summed E-state index contributed by atoms with van der Waals surface area (Å²) in [5, 5.41) is 0. The Kier molecular flexibility index (Phi) is 3.61. The van der Waals surface area contributed by atoms with E-state index in [0.717, 1.165) is 38.5 Å². The van der Waals surface area contributed by atoms with Gasteiger partial charge in [-0.25, -0.2) is 0 Å². The zero-order chi connectivity index (χ0) is 17.3.